The van der Waals surface area contributed by atoms with Crippen LogP contribution in [0.4, 0.5) is 0 Å². The Morgan fingerprint density at radius 1 is 1.06 bits per heavy atom. The molecule has 0 fully saturated rings. The van der Waals surface area contributed by atoms with Gasteiger partial charge in [0.05, 0.1) is 7.11 Å². The van der Waals surface area contributed by atoms with Gasteiger partial charge in [0, 0.05) is 5.39 Å². The van der Waals surface area contributed by atoms with Crippen LogP contribution in [0.1, 0.15) is 37.8 Å². The van der Waals surface area contributed by atoms with E-state index in [2.05, 4.69) is 38.1 Å². The van der Waals surface area contributed by atoms with Crippen molar-refractivity contribution < 1.29 is 4.74 Å². The third kappa shape index (κ3) is 1.61. The first kappa shape index (κ1) is 11.6. The van der Waals surface area contributed by atoms with E-state index >= 15 is 0 Å². The highest BCUT2D eigenvalue weighted by Crippen LogP contribution is 2.41. The molecule has 1 aliphatic rings. The number of hydrogen-bond acceptors (Lipinski definition) is 1. The maximum Gasteiger partial charge on any atom is 0.126 e. The molecule has 2 aromatic carbocycles. The van der Waals surface area contributed by atoms with Crippen molar-refractivity contribution in [3.05, 3.63) is 41.5 Å². The van der Waals surface area contributed by atoms with Crippen molar-refractivity contribution in [1.82, 2.24) is 0 Å². The first-order valence-electron chi connectivity index (χ1n) is 6.72. The molecule has 0 atom stereocenters. The van der Waals surface area contributed by atoms with E-state index in [1.807, 2.05) is 6.07 Å². The van der Waals surface area contributed by atoms with E-state index in [1.165, 1.54) is 41.2 Å². The second-order valence-electron chi connectivity index (χ2n) is 5.88. The lowest BCUT2D eigenvalue weighted by Gasteiger charge is -2.33. The summed E-state index contributed by atoms with van der Waals surface area (Å²) in [6.07, 6.45) is 3.77. The number of methoxy groups -OCH3 is 1. The third-order valence-electron chi connectivity index (χ3n) is 4.31. The molecule has 0 aromatic heterocycles. The molecule has 2 aromatic rings. The Balaban J connectivity index is 2.33. The SMILES string of the molecule is COc1cccc2c3c(ccc12)C(C)(C)CCC3. The molecule has 1 heteroatoms. The normalized spacial score (nSPS) is 17.5. The minimum absolute atomic E-state index is 0.310. The van der Waals surface area contributed by atoms with Crippen LogP contribution in [0, 0.1) is 0 Å². The van der Waals surface area contributed by atoms with Crippen LogP contribution in [0.5, 0.6) is 5.75 Å². The van der Waals surface area contributed by atoms with Gasteiger partial charge in [0.1, 0.15) is 5.75 Å². The summed E-state index contributed by atoms with van der Waals surface area (Å²) in [6.45, 7) is 4.72. The van der Waals surface area contributed by atoms with Crippen molar-refractivity contribution >= 4 is 10.8 Å². The van der Waals surface area contributed by atoms with Crippen molar-refractivity contribution in [2.45, 2.75) is 38.5 Å². The van der Waals surface area contributed by atoms with Crippen LogP contribution in [0.2, 0.25) is 0 Å². The molecule has 0 spiro atoms. The topological polar surface area (TPSA) is 9.23 Å². The number of benzene rings is 2. The van der Waals surface area contributed by atoms with Crippen molar-refractivity contribution in [3.63, 3.8) is 0 Å². The van der Waals surface area contributed by atoms with Gasteiger partial charge in [-0.1, -0.05) is 38.1 Å². The lowest BCUT2D eigenvalue weighted by Crippen LogP contribution is -2.23. The lowest BCUT2D eigenvalue weighted by molar-refractivity contribution is 0.419. The molecule has 3 rings (SSSR count). The zero-order chi connectivity index (χ0) is 12.8. The molecule has 0 amide bonds. The highest BCUT2D eigenvalue weighted by Gasteiger charge is 2.28. The molecule has 1 nitrogen and oxygen atoms in total. The van der Waals surface area contributed by atoms with Crippen molar-refractivity contribution in [3.8, 4) is 5.75 Å². The summed E-state index contributed by atoms with van der Waals surface area (Å²) >= 11 is 0. The van der Waals surface area contributed by atoms with Crippen LogP contribution in [-0.2, 0) is 11.8 Å². The Kier molecular flexibility index (Phi) is 2.58. The number of fused-ring (bicyclic) bond motifs is 3. The summed E-state index contributed by atoms with van der Waals surface area (Å²) < 4.78 is 5.47. The average molecular weight is 240 g/mol. The van der Waals surface area contributed by atoms with E-state index in [0.29, 0.717) is 5.41 Å². The molecule has 94 valence electrons. The van der Waals surface area contributed by atoms with Gasteiger partial charge >= 0.3 is 0 Å². The smallest absolute Gasteiger partial charge is 0.126 e. The second kappa shape index (κ2) is 4.01. The van der Waals surface area contributed by atoms with E-state index < -0.39 is 0 Å². The number of rotatable bonds is 1. The quantitative estimate of drug-likeness (QED) is 0.715. The molecule has 0 saturated heterocycles. The number of ether oxygens (including phenoxy) is 1. The number of aryl methyl sites for hydroxylation is 1. The fraction of sp³-hybridized carbons (Fsp3) is 0.412. The summed E-state index contributed by atoms with van der Waals surface area (Å²) in [7, 11) is 1.75. The minimum atomic E-state index is 0.310. The van der Waals surface area contributed by atoms with Crippen molar-refractivity contribution in [1.29, 1.82) is 0 Å². The summed E-state index contributed by atoms with van der Waals surface area (Å²) in [6, 6.07) is 10.9. The summed E-state index contributed by atoms with van der Waals surface area (Å²) in [5.41, 5.74) is 3.36. The van der Waals surface area contributed by atoms with Gasteiger partial charge in [0.15, 0.2) is 0 Å². The van der Waals surface area contributed by atoms with Crippen LogP contribution < -0.4 is 4.74 Å². The van der Waals surface area contributed by atoms with Gasteiger partial charge in [0.25, 0.3) is 0 Å². The van der Waals surface area contributed by atoms with Crippen LogP contribution >= 0.6 is 0 Å². The zero-order valence-electron chi connectivity index (χ0n) is 11.4. The molecule has 0 N–H and O–H groups in total. The van der Waals surface area contributed by atoms with Gasteiger partial charge in [-0.25, -0.2) is 0 Å². The van der Waals surface area contributed by atoms with Crippen LogP contribution in [-0.4, -0.2) is 7.11 Å². The molecule has 0 unspecified atom stereocenters. The molecule has 1 aliphatic carbocycles. The largest absolute Gasteiger partial charge is 0.496 e. The van der Waals surface area contributed by atoms with E-state index in [4.69, 9.17) is 4.74 Å². The Hall–Kier alpha value is -1.50. The monoisotopic (exact) mass is 240 g/mol. The van der Waals surface area contributed by atoms with Gasteiger partial charge < -0.3 is 4.74 Å². The summed E-state index contributed by atoms with van der Waals surface area (Å²) in [5, 5.41) is 2.62. The van der Waals surface area contributed by atoms with Gasteiger partial charge in [-0.15, -0.1) is 0 Å². The van der Waals surface area contributed by atoms with Gasteiger partial charge in [-0.3, -0.25) is 0 Å². The molecule has 0 aliphatic heterocycles. The van der Waals surface area contributed by atoms with E-state index in [1.54, 1.807) is 7.11 Å². The molecule has 0 saturated carbocycles. The highest BCUT2D eigenvalue weighted by molar-refractivity contribution is 5.92. The Morgan fingerprint density at radius 2 is 1.89 bits per heavy atom. The molecule has 18 heavy (non-hydrogen) atoms. The fourth-order valence-electron chi connectivity index (χ4n) is 3.31. The minimum Gasteiger partial charge on any atom is -0.496 e. The van der Waals surface area contributed by atoms with Crippen LogP contribution in [0.25, 0.3) is 10.8 Å². The predicted octanol–water partition coefficient (Wildman–Crippen LogP) is 4.46. The van der Waals surface area contributed by atoms with E-state index in [-0.39, 0.29) is 0 Å². The molecular formula is C17H20O. The zero-order valence-corrected chi connectivity index (χ0v) is 11.4. The molecule has 0 bridgehead atoms. The Morgan fingerprint density at radius 3 is 2.67 bits per heavy atom. The standard InChI is InChI=1S/C17H20O/c1-17(2)11-5-7-13-12-6-4-8-16(18-3)14(12)9-10-15(13)17/h4,6,8-10H,5,7,11H2,1-3H3. The van der Waals surface area contributed by atoms with Crippen LogP contribution in [0.15, 0.2) is 30.3 Å². The van der Waals surface area contributed by atoms with Gasteiger partial charge in [-0.05, 0) is 47.3 Å². The van der Waals surface area contributed by atoms with Crippen LogP contribution in [0.3, 0.4) is 0 Å². The first-order chi connectivity index (χ1) is 8.63. The fourth-order valence-corrected chi connectivity index (χ4v) is 3.31. The summed E-state index contributed by atoms with van der Waals surface area (Å²) in [4.78, 5) is 0. The molecular weight excluding hydrogens is 220 g/mol. The maximum atomic E-state index is 5.47. The Bertz CT molecular complexity index is 596. The second-order valence-corrected chi connectivity index (χ2v) is 5.88. The Labute approximate surface area is 109 Å². The van der Waals surface area contributed by atoms with Gasteiger partial charge in [0.2, 0.25) is 0 Å². The van der Waals surface area contributed by atoms with Gasteiger partial charge in [-0.2, -0.15) is 0 Å². The molecule has 0 heterocycles. The van der Waals surface area contributed by atoms with E-state index in [9.17, 15) is 0 Å². The van der Waals surface area contributed by atoms with Crippen molar-refractivity contribution in [2.75, 3.05) is 7.11 Å². The summed E-state index contributed by atoms with van der Waals surface area (Å²) in [5.74, 6) is 0.985. The third-order valence-corrected chi connectivity index (χ3v) is 4.31. The van der Waals surface area contributed by atoms with E-state index in [0.717, 1.165) is 5.75 Å². The predicted molar refractivity (Wildman–Crippen MR) is 76.5 cm³/mol. The van der Waals surface area contributed by atoms with Crippen molar-refractivity contribution in [2.24, 2.45) is 0 Å². The maximum absolute atomic E-state index is 5.47. The lowest BCUT2D eigenvalue weighted by atomic mass is 9.71. The number of hydrogen-bond donors (Lipinski definition) is 0. The molecule has 0 radical (unpaired) electrons. The highest BCUT2D eigenvalue weighted by atomic mass is 16.5. The average Bonchev–Trinajstić information content (AvgIpc) is 2.37. The first-order valence-corrected chi connectivity index (χ1v) is 6.72.